The van der Waals surface area contributed by atoms with Crippen molar-refractivity contribution in [2.24, 2.45) is 5.10 Å². The van der Waals surface area contributed by atoms with Gasteiger partial charge in [0.15, 0.2) is 0 Å². The number of carbonyl (C=O) groups is 1. The monoisotopic (exact) mass is 465 g/mol. The number of carbonyl (C=O) groups excluding carboxylic acids is 1. The lowest BCUT2D eigenvalue weighted by Gasteiger charge is -2.22. The Balaban J connectivity index is 1.78. The fraction of sp³-hybridized carbons (Fsp3) is 0.200. The Labute approximate surface area is 194 Å². The SMILES string of the molecule is COc1cccc(/C=N\NC(=O)CN(Cc2cccc(C)c2)S(=O)(=O)c2ccc(C)cc2)c1. The number of hydrogen-bond acceptors (Lipinski definition) is 5. The number of hydrogen-bond donors (Lipinski definition) is 1. The molecule has 33 heavy (non-hydrogen) atoms. The number of rotatable bonds is 9. The first-order valence-corrected chi connectivity index (χ1v) is 11.8. The Kier molecular flexibility index (Phi) is 7.97. The second-order valence-electron chi connectivity index (χ2n) is 7.64. The van der Waals surface area contributed by atoms with E-state index >= 15 is 0 Å². The zero-order valence-electron chi connectivity index (χ0n) is 18.9. The van der Waals surface area contributed by atoms with E-state index in [1.54, 1.807) is 49.6 Å². The van der Waals surface area contributed by atoms with Gasteiger partial charge >= 0.3 is 0 Å². The van der Waals surface area contributed by atoms with Crippen molar-refractivity contribution in [2.45, 2.75) is 25.3 Å². The minimum Gasteiger partial charge on any atom is -0.497 e. The average molecular weight is 466 g/mol. The third kappa shape index (κ3) is 6.74. The molecule has 0 radical (unpaired) electrons. The lowest BCUT2D eigenvalue weighted by molar-refractivity contribution is -0.121. The van der Waals surface area contributed by atoms with Crippen LogP contribution < -0.4 is 10.2 Å². The maximum atomic E-state index is 13.3. The van der Waals surface area contributed by atoms with Crippen LogP contribution in [-0.2, 0) is 21.4 Å². The van der Waals surface area contributed by atoms with Crippen LogP contribution in [0.3, 0.4) is 0 Å². The zero-order valence-corrected chi connectivity index (χ0v) is 19.7. The van der Waals surface area contributed by atoms with E-state index in [4.69, 9.17) is 4.74 Å². The molecular weight excluding hydrogens is 438 g/mol. The van der Waals surface area contributed by atoms with Gasteiger partial charge in [-0.2, -0.15) is 9.41 Å². The summed E-state index contributed by atoms with van der Waals surface area (Å²) in [7, 11) is -2.34. The molecule has 3 aromatic rings. The van der Waals surface area contributed by atoms with Crippen LogP contribution in [0.1, 0.15) is 22.3 Å². The summed E-state index contributed by atoms with van der Waals surface area (Å²) in [6.07, 6.45) is 1.47. The summed E-state index contributed by atoms with van der Waals surface area (Å²) in [5.41, 5.74) is 5.89. The Morgan fingerprint density at radius 3 is 2.42 bits per heavy atom. The molecule has 0 aromatic heterocycles. The van der Waals surface area contributed by atoms with Crippen LogP contribution in [0.2, 0.25) is 0 Å². The topological polar surface area (TPSA) is 88.1 Å². The number of ether oxygens (including phenoxy) is 1. The normalized spacial score (nSPS) is 11.6. The first-order valence-electron chi connectivity index (χ1n) is 10.4. The number of benzene rings is 3. The van der Waals surface area contributed by atoms with Gasteiger partial charge in [0.1, 0.15) is 5.75 Å². The van der Waals surface area contributed by atoms with E-state index in [0.29, 0.717) is 5.75 Å². The predicted octanol–water partition coefficient (Wildman–Crippen LogP) is 3.65. The molecule has 0 aliphatic carbocycles. The molecule has 0 saturated carbocycles. The highest BCUT2D eigenvalue weighted by Gasteiger charge is 2.27. The van der Waals surface area contributed by atoms with Crippen molar-refractivity contribution in [3.63, 3.8) is 0 Å². The van der Waals surface area contributed by atoms with E-state index in [2.05, 4.69) is 10.5 Å². The molecule has 7 nitrogen and oxygen atoms in total. The largest absolute Gasteiger partial charge is 0.497 e. The molecule has 0 aliphatic rings. The molecule has 0 heterocycles. The molecule has 1 amide bonds. The average Bonchev–Trinajstić information content (AvgIpc) is 2.79. The molecule has 0 atom stereocenters. The van der Waals surface area contributed by atoms with E-state index in [1.165, 1.54) is 6.21 Å². The highest BCUT2D eigenvalue weighted by atomic mass is 32.2. The molecule has 0 fully saturated rings. The van der Waals surface area contributed by atoms with Gasteiger partial charge in [-0.3, -0.25) is 4.79 Å². The van der Waals surface area contributed by atoms with Gasteiger partial charge in [0, 0.05) is 6.54 Å². The summed E-state index contributed by atoms with van der Waals surface area (Å²) in [5.74, 6) is 0.122. The van der Waals surface area contributed by atoms with Crippen molar-refractivity contribution in [2.75, 3.05) is 13.7 Å². The first-order chi connectivity index (χ1) is 15.8. The number of methoxy groups -OCH3 is 1. The number of nitrogens with zero attached hydrogens (tertiary/aromatic N) is 2. The smallest absolute Gasteiger partial charge is 0.255 e. The van der Waals surface area contributed by atoms with Crippen LogP contribution >= 0.6 is 0 Å². The summed E-state index contributed by atoms with van der Waals surface area (Å²) in [5, 5.41) is 3.96. The van der Waals surface area contributed by atoms with Crippen molar-refractivity contribution in [1.29, 1.82) is 0 Å². The van der Waals surface area contributed by atoms with E-state index in [9.17, 15) is 13.2 Å². The molecule has 0 aliphatic heterocycles. The highest BCUT2D eigenvalue weighted by Crippen LogP contribution is 2.19. The van der Waals surface area contributed by atoms with Crippen molar-refractivity contribution in [1.82, 2.24) is 9.73 Å². The fourth-order valence-electron chi connectivity index (χ4n) is 3.20. The van der Waals surface area contributed by atoms with Gasteiger partial charge in [-0.15, -0.1) is 0 Å². The number of sulfonamides is 1. The lowest BCUT2D eigenvalue weighted by Crippen LogP contribution is -2.39. The van der Waals surface area contributed by atoms with Gasteiger partial charge in [0.25, 0.3) is 5.91 Å². The van der Waals surface area contributed by atoms with E-state index < -0.39 is 15.9 Å². The Hall–Kier alpha value is -3.49. The van der Waals surface area contributed by atoms with Gasteiger partial charge < -0.3 is 4.74 Å². The lowest BCUT2D eigenvalue weighted by atomic mass is 10.1. The van der Waals surface area contributed by atoms with Crippen LogP contribution in [0.4, 0.5) is 0 Å². The van der Waals surface area contributed by atoms with Gasteiger partial charge in [0.05, 0.1) is 24.8 Å². The molecule has 0 bridgehead atoms. The standard InChI is InChI=1S/C25H27N3O4S/c1-19-10-12-24(13-11-19)33(30,31)28(17-22-8-4-6-20(2)14-22)18-25(29)27-26-16-21-7-5-9-23(15-21)32-3/h4-16H,17-18H2,1-3H3,(H,27,29)/b26-16-. The molecule has 0 saturated heterocycles. The number of aryl methyl sites for hydroxylation is 2. The summed E-state index contributed by atoms with van der Waals surface area (Å²) in [6.45, 7) is 3.50. The quantitative estimate of drug-likeness (QED) is 0.386. The minimum absolute atomic E-state index is 0.0604. The third-order valence-corrected chi connectivity index (χ3v) is 6.72. The van der Waals surface area contributed by atoms with Gasteiger partial charge in [0.2, 0.25) is 10.0 Å². The van der Waals surface area contributed by atoms with Crippen LogP contribution in [0.5, 0.6) is 5.75 Å². The highest BCUT2D eigenvalue weighted by molar-refractivity contribution is 7.89. The number of amides is 1. The van der Waals surface area contributed by atoms with Crippen LogP contribution in [0.15, 0.2) is 82.8 Å². The van der Waals surface area contributed by atoms with Crippen LogP contribution in [0, 0.1) is 13.8 Å². The molecule has 8 heteroatoms. The third-order valence-electron chi connectivity index (χ3n) is 4.92. The fourth-order valence-corrected chi connectivity index (χ4v) is 4.58. The summed E-state index contributed by atoms with van der Waals surface area (Å²) >= 11 is 0. The van der Waals surface area contributed by atoms with Crippen molar-refractivity contribution in [3.05, 3.63) is 95.1 Å². The summed E-state index contributed by atoms with van der Waals surface area (Å²) < 4.78 is 33.0. The van der Waals surface area contributed by atoms with Crippen molar-refractivity contribution < 1.29 is 17.9 Å². The summed E-state index contributed by atoms with van der Waals surface area (Å²) in [4.78, 5) is 12.7. The minimum atomic E-state index is -3.91. The van der Waals surface area contributed by atoms with Gasteiger partial charge in [-0.1, -0.05) is 59.7 Å². The summed E-state index contributed by atoms with van der Waals surface area (Å²) in [6, 6.07) is 21.3. The number of nitrogens with one attached hydrogen (secondary N) is 1. The Bertz CT molecular complexity index is 1240. The first kappa shape index (κ1) is 24.2. The molecule has 3 rings (SSSR count). The molecule has 0 unspecified atom stereocenters. The van der Waals surface area contributed by atoms with E-state index in [0.717, 1.165) is 26.6 Å². The maximum Gasteiger partial charge on any atom is 0.255 e. The molecule has 0 spiro atoms. The van der Waals surface area contributed by atoms with Crippen LogP contribution in [0.25, 0.3) is 0 Å². The second-order valence-corrected chi connectivity index (χ2v) is 9.58. The van der Waals surface area contributed by atoms with Gasteiger partial charge in [-0.05, 0) is 49.2 Å². The molecular formula is C25H27N3O4S. The Morgan fingerprint density at radius 2 is 1.73 bits per heavy atom. The molecule has 172 valence electrons. The van der Waals surface area contributed by atoms with Gasteiger partial charge in [-0.25, -0.2) is 13.8 Å². The van der Waals surface area contributed by atoms with Crippen LogP contribution in [-0.4, -0.2) is 38.5 Å². The molecule has 3 aromatic carbocycles. The maximum absolute atomic E-state index is 13.3. The predicted molar refractivity (Wildman–Crippen MR) is 129 cm³/mol. The van der Waals surface area contributed by atoms with Crippen molar-refractivity contribution in [3.8, 4) is 5.75 Å². The zero-order chi connectivity index (χ0) is 23.8. The van der Waals surface area contributed by atoms with E-state index in [1.807, 2.05) is 44.2 Å². The van der Waals surface area contributed by atoms with E-state index in [-0.39, 0.29) is 18.0 Å². The second kappa shape index (κ2) is 10.9. The Morgan fingerprint density at radius 1 is 1.00 bits per heavy atom. The van der Waals surface area contributed by atoms with Crippen molar-refractivity contribution >= 4 is 22.1 Å². The molecule has 1 N–H and O–H groups in total. The number of hydrazone groups is 1.